The van der Waals surface area contributed by atoms with E-state index >= 15 is 0 Å². The molecule has 6 aromatic rings. The van der Waals surface area contributed by atoms with E-state index in [0.29, 0.717) is 0 Å². The number of aryl methyl sites for hydroxylation is 2. The SMILES string of the molecule is Cc1c(O)ccc2c3c(ccc12)Oc1ccc2c(C)c(O)ccc2c1C3c1ccc(-c2ccccc2)cc1. The Balaban J connectivity index is 1.54. The molecule has 2 N–H and O–H groups in total. The molecule has 0 bridgehead atoms. The Morgan fingerprint density at radius 1 is 0.500 bits per heavy atom. The number of fused-ring (bicyclic) bond motifs is 6. The van der Waals surface area contributed by atoms with Crippen LogP contribution in [-0.4, -0.2) is 10.2 Å². The van der Waals surface area contributed by atoms with Gasteiger partial charge in [-0.25, -0.2) is 0 Å². The number of phenolic OH excluding ortho intramolecular Hbond substituents is 2. The Hall–Kier alpha value is -4.76. The summed E-state index contributed by atoms with van der Waals surface area (Å²) in [6.07, 6.45) is 0. The fraction of sp³-hybridized carbons (Fsp3) is 0.0857. The van der Waals surface area contributed by atoms with E-state index in [2.05, 4.69) is 48.5 Å². The first kappa shape index (κ1) is 22.4. The summed E-state index contributed by atoms with van der Waals surface area (Å²) in [5.74, 6) is 2.12. The van der Waals surface area contributed by atoms with E-state index in [4.69, 9.17) is 4.74 Å². The fourth-order valence-electron chi connectivity index (χ4n) is 5.96. The van der Waals surface area contributed by atoms with Gasteiger partial charge in [-0.2, -0.15) is 0 Å². The highest BCUT2D eigenvalue weighted by Crippen LogP contribution is 2.53. The molecule has 0 unspecified atom stereocenters. The highest BCUT2D eigenvalue weighted by atomic mass is 16.5. The van der Waals surface area contributed by atoms with Crippen molar-refractivity contribution >= 4 is 21.5 Å². The lowest BCUT2D eigenvalue weighted by Gasteiger charge is -2.31. The largest absolute Gasteiger partial charge is 0.508 e. The molecule has 3 heteroatoms. The minimum Gasteiger partial charge on any atom is -0.508 e. The van der Waals surface area contributed by atoms with Gasteiger partial charge < -0.3 is 14.9 Å². The van der Waals surface area contributed by atoms with Crippen molar-refractivity contribution in [2.24, 2.45) is 0 Å². The zero-order chi connectivity index (χ0) is 26.0. The number of phenols is 2. The van der Waals surface area contributed by atoms with Gasteiger partial charge in [0.2, 0.25) is 0 Å². The molecule has 0 atom stereocenters. The third-order valence-electron chi connectivity index (χ3n) is 8.03. The van der Waals surface area contributed by atoms with Crippen LogP contribution in [0.15, 0.2) is 103 Å². The zero-order valence-corrected chi connectivity index (χ0v) is 21.2. The van der Waals surface area contributed by atoms with E-state index in [9.17, 15) is 10.2 Å². The van der Waals surface area contributed by atoms with Gasteiger partial charge in [0.05, 0.1) is 0 Å². The lowest BCUT2D eigenvalue weighted by Crippen LogP contribution is -2.13. The van der Waals surface area contributed by atoms with Crippen molar-refractivity contribution in [3.63, 3.8) is 0 Å². The molecule has 1 aliphatic rings. The molecule has 0 saturated heterocycles. The lowest BCUT2D eigenvalue weighted by molar-refractivity contribution is 0.455. The Labute approximate surface area is 221 Å². The van der Waals surface area contributed by atoms with E-state index in [0.717, 1.165) is 60.9 Å². The van der Waals surface area contributed by atoms with Crippen LogP contribution in [0.5, 0.6) is 23.0 Å². The Morgan fingerprint density at radius 2 is 0.974 bits per heavy atom. The van der Waals surface area contributed by atoms with Crippen molar-refractivity contribution < 1.29 is 14.9 Å². The van der Waals surface area contributed by atoms with Crippen molar-refractivity contribution in [3.05, 3.63) is 131 Å². The number of ether oxygens (including phenoxy) is 1. The summed E-state index contributed by atoms with van der Waals surface area (Å²) in [5.41, 5.74) is 7.39. The minimum atomic E-state index is -0.0983. The van der Waals surface area contributed by atoms with Crippen LogP contribution >= 0.6 is 0 Å². The Kier molecular flexibility index (Phi) is 4.95. The molecular weight excluding hydrogens is 468 g/mol. The highest BCUT2D eigenvalue weighted by Gasteiger charge is 2.33. The van der Waals surface area contributed by atoms with Crippen LogP contribution in [-0.2, 0) is 0 Å². The Bertz CT molecular complexity index is 1770. The topological polar surface area (TPSA) is 49.7 Å². The van der Waals surface area contributed by atoms with Crippen molar-refractivity contribution in [2.45, 2.75) is 19.8 Å². The van der Waals surface area contributed by atoms with Crippen molar-refractivity contribution in [3.8, 4) is 34.1 Å². The molecule has 0 spiro atoms. The molecule has 38 heavy (non-hydrogen) atoms. The monoisotopic (exact) mass is 494 g/mol. The average Bonchev–Trinajstić information content (AvgIpc) is 2.96. The summed E-state index contributed by atoms with van der Waals surface area (Å²) in [4.78, 5) is 0. The van der Waals surface area contributed by atoms with E-state index in [1.807, 2.05) is 56.3 Å². The molecular formula is C35H26O3. The lowest BCUT2D eigenvalue weighted by atomic mass is 9.77. The third-order valence-corrected chi connectivity index (χ3v) is 8.03. The molecule has 6 aromatic carbocycles. The van der Waals surface area contributed by atoms with Crippen molar-refractivity contribution in [2.75, 3.05) is 0 Å². The molecule has 7 rings (SSSR count). The quantitative estimate of drug-likeness (QED) is 0.252. The van der Waals surface area contributed by atoms with Gasteiger partial charge in [-0.3, -0.25) is 0 Å². The second-order valence-electron chi connectivity index (χ2n) is 10.1. The maximum atomic E-state index is 10.4. The summed E-state index contributed by atoms with van der Waals surface area (Å²) in [5, 5.41) is 25.0. The summed E-state index contributed by atoms with van der Waals surface area (Å²) in [6.45, 7) is 3.90. The highest BCUT2D eigenvalue weighted by molar-refractivity contribution is 5.98. The van der Waals surface area contributed by atoms with Crippen LogP contribution in [0.2, 0.25) is 0 Å². The normalized spacial score (nSPS) is 12.8. The van der Waals surface area contributed by atoms with Crippen LogP contribution in [0.25, 0.3) is 32.7 Å². The first-order valence-electron chi connectivity index (χ1n) is 12.8. The molecule has 0 saturated carbocycles. The van der Waals surface area contributed by atoms with E-state index in [1.54, 1.807) is 12.1 Å². The second-order valence-corrected chi connectivity index (χ2v) is 10.1. The van der Waals surface area contributed by atoms with Crippen molar-refractivity contribution in [1.29, 1.82) is 0 Å². The van der Waals surface area contributed by atoms with Gasteiger partial charge in [0.25, 0.3) is 0 Å². The fourth-order valence-corrected chi connectivity index (χ4v) is 5.96. The van der Waals surface area contributed by atoms with Crippen molar-refractivity contribution in [1.82, 2.24) is 0 Å². The molecule has 184 valence electrons. The van der Waals surface area contributed by atoms with E-state index < -0.39 is 0 Å². The van der Waals surface area contributed by atoms with Gasteiger partial charge in [-0.05, 0) is 87.5 Å². The minimum absolute atomic E-state index is 0.0983. The van der Waals surface area contributed by atoms with Crippen LogP contribution in [0, 0.1) is 13.8 Å². The number of rotatable bonds is 2. The van der Waals surface area contributed by atoms with Gasteiger partial charge in [0.15, 0.2) is 0 Å². The first-order valence-corrected chi connectivity index (χ1v) is 12.8. The number of hydrogen-bond donors (Lipinski definition) is 2. The number of aromatic hydroxyl groups is 2. The van der Waals surface area contributed by atoms with Gasteiger partial charge in [0.1, 0.15) is 23.0 Å². The van der Waals surface area contributed by atoms with E-state index in [-0.39, 0.29) is 17.4 Å². The summed E-state index contributed by atoms with van der Waals surface area (Å²) >= 11 is 0. The van der Waals surface area contributed by atoms with Crippen LogP contribution in [0.1, 0.15) is 33.7 Å². The summed E-state index contributed by atoms with van der Waals surface area (Å²) in [7, 11) is 0. The van der Waals surface area contributed by atoms with Gasteiger partial charge in [-0.1, -0.05) is 78.9 Å². The smallest absolute Gasteiger partial charge is 0.132 e. The average molecular weight is 495 g/mol. The molecule has 3 nitrogen and oxygen atoms in total. The molecule has 0 amide bonds. The Morgan fingerprint density at radius 3 is 1.50 bits per heavy atom. The van der Waals surface area contributed by atoms with E-state index in [1.165, 1.54) is 11.1 Å². The van der Waals surface area contributed by atoms with Crippen LogP contribution in [0.4, 0.5) is 0 Å². The molecule has 0 aliphatic carbocycles. The molecule has 0 aromatic heterocycles. The maximum absolute atomic E-state index is 10.4. The maximum Gasteiger partial charge on any atom is 0.132 e. The number of benzene rings is 6. The van der Waals surface area contributed by atoms with Gasteiger partial charge in [0, 0.05) is 17.0 Å². The summed E-state index contributed by atoms with van der Waals surface area (Å²) in [6, 6.07) is 34.8. The molecule has 0 fully saturated rings. The van der Waals surface area contributed by atoms with Gasteiger partial charge >= 0.3 is 0 Å². The van der Waals surface area contributed by atoms with Crippen LogP contribution < -0.4 is 4.74 Å². The second kappa shape index (κ2) is 8.39. The predicted octanol–water partition coefficient (Wildman–Crippen LogP) is 8.97. The van der Waals surface area contributed by atoms with Gasteiger partial charge in [-0.15, -0.1) is 0 Å². The third kappa shape index (κ3) is 3.29. The number of hydrogen-bond acceptors (Lipinski definition) is 3. The summed E-state index contributed by atoms with van der Waals surface area (Å²) < 4.78 is 6.55. The standard InChI is InChI=1S/C35H26O3/c1-20-25-14-18-31-34(27(25)12-16-29(20)36)33(24-10-8-23(9-11-24)22-6-4-3-5-7-22)35-28-13-17-30(37)21(2)26(28)15-19-32(35)38-31/h3-19,33,36-37H,1-2H3. The predicted molar refractivity (Wildman–Crippen MR) is 154 cm³/mol. The van der Waals surface area contributed by atoms with Crippen LogP contribution in [0.3, 0.4) is 0 Å². The zero-order valence-electron chi connectivity index (χ0n) is 21.2. The molecule has 1 heterocycles. The molecule has 1 aliphatic heterocycles. The first-order chi connectivity index (χ1) is 18.5. The molecule has 0 radical (unpaired) electrons.